The average Bonchev–Trinajstić information content (AvgIpc) is 3.05. The smallest absolute Gasteiger partial charge is 0.243 e. The average molecular weight is 438 g/mol. The van der Waals surface area contributed by atoms with Gasteiger partial charge in [-0.15, -0.1) is 5.10 Å². The Morgan fingerprint density at radius 1 is 1.25 bits per heavy atom. The summed E-state index contributed by atoms with van der Waals surface area (Å²) in [5.74, 6) is 0.168. The van der Waals surface area contributed by atoms with E-state index >= 15 is 0 Å². The van der Waals surface area contributed by atoms with Crippen LogP contribution in [0.4, 0.5) is 21.8 Å². The lowest BCUT2D eigenvalue weighted by molar-refractivity contribution is -0.165. The van der Waals surface area contributed by atoms with Crippen LogP contribution in [0.1, 0.15) is 51.6 Å². The molecule has 0 atom stereocenters. The van der Waals surface area contributed by atoms with Crippen LogP contribution in [0.5, 0.6) is 0 Å². The Balaban J connectivity index is 1.43. The van der Waals surface area contributed by atoms with E-state index in [0.717, 1.165) is 50.1 Å². The van der Waals surface area contributed by atoms with Gasteiger partial charge >= 0.3 is 0 Å². The summed E-state index contributed by atoms with van der Waals surface area (Å²) in [6.45, 7) is 6.57. The lowest BCUT2D eigenvalue weighted by Gasteiger charge is -2.46. The Bertz CT molecular complexity index is 1200. The van der Waals surface area contributed by atoms with E-state index in [2.05, 4.69) is 25.4 Å². The van der Waals surface area contributed by atoms with E-state index in [1.165, 1.54) is 10.7 Å². The van der Waals surface area contributed by atoms with E-state index in [4.69, 9.17) is 10.5 Å². The van der Waals surface area contributed by atoms with E-state index in [9.17, 15) is 4.39 Å². The van der Waals surface area contributed by atoms with Crippen molar-refractivity contribution in [2.45, 2.75) is 64.5 Å². The molecule has 0 amide bonds. The predicted octanol–water partition coefficient (Wildman–Crippen LogP) is 4.45. The molecule has 1 spiro atoms. The zero-order chi connectivity index (χ0) is 22.5. The van der Waals surface area contributed by atoms with Crippen molar-refractivity contribution >= 4 is 28.7 Å². The van der Waals surface area contributed by atoms with Gasteiger partial charge in [-0.25, -0.2) is 8.91 Å². The second-order valence-corrected chi connectivity index (χ2v) is 9.03. The van der Waals surface area contributed by atoms with Crippen LogP contribution in [0.2, 0.25) is 0 Å². The van der Waals surface area contributed by atoms with Gasteiger partial charge in [0, 0.05) is 11.8 Å². The number of fused-ring (bicyclic) bond motifs is 1. The number of aromatic nitrogens is 4. The molecule has 3 aromatic heterocycles. The third-order valence-electron chi connectivity index (χ3n) is 6.47. The van der Waals surface area contributed by atoms with Crippen LogP contribution >= 0.6 is 0 Å². The standard InChI is InChI=1S/C23H28FN7O/c1-13(2)26-17-4-5-18(27-14(17)3)19-16(24)12-31-20(19)21(25)29-22(30-31)28-15-6-8-23(9-7-15)10-11-32-23/h4-5,12,15H,6-11H2,1-3H3,(H3,25,28,29,30). The van der Waals surface area contributed by atoms with Crippen molar-refractivity contribution in [3.05, 3.63) is 29.8 Å². The zero-order valence-corrected chi connectivity index (χ0v) is 18.7. The number of hydrogen-bond donors (Lipinski definition) is 2. The zero-order valence-electron chi connectivity index (χ0n) is 18.7. The van der Waals surface area contributed by atoms with Crippen molar-refractivity contribution in [2.75, 3.05) is 17.7 Å². The molecular formula is C23H28FN7O. The minimum absolute atomic E-state index is 0.0995. The number of anilines is 2. The summed E-state index contributed by atoms with van der Waals surface area (Å²) in [5, 5.41) is 7.85. The monoisotopic (exact) mass is 437 g/mol. The molecule has 5 rings (SSSR count). The predicted molar refractivity (Wildman–Crippen MR) is 123 cm³/mol. The SMILES string of the molecule is CC(C)=Nc1ccc(-c2c(F)cn3nc(NC4CCC5(CCO5)CC4)nc(N)c23)nc1C. The van der Waals surface area contributed by atoms with Gasteiger partial charge in [0.05, 0.1) is 41.0 Å². The minimum Gasteiger partial charge on any atom is -0.382 e. The maximum Gasteiger partial charge on any atom is 0.243 e. The first kappa shape index (κ1) is 20.8. The van der Waals surface area contributed by atoms with E-state index in [-0.39, 0.29) is 17.5 Å². The molecule has 0 aromatic carbocycles. The van der Waals surface area contributed by atoms with Crippen molar-refractivity contribution in [3.63, 3.8) is 0 Å². The first-order valence-electron chi connectivity index (χ1n) is 11.1. The fourth-order valence-electron chi connectivity index (χ4n) is 4.69. The van der Waals surface area contributed by atoms with Crippen molar-refractivity contribution in [3.8, 4) is 11.3 Å². The summed E-state index contributed by atoms with van der Waals surface area (Å²) in [7, 11) is 0. The van der Waals surface area contributed by atoms with Gasteiger partial charge in [-0.2, -0.15) is 4.98 Å². The van der Waals surface area contributed by atoms with Crippen LogP contribution in [0.25, 0.3) is 16.8 Å². The first-order chi connectivity index (χ1) is 15.3. The van der Waals surface area contributed by atoms with Gasteiger partial charge in [0.15, 0.2) is 11.6 Å². The Kier molecular flexibility index (Phi) is 5.08. The Morgan fingerprint density at radius 2 is 2.00 bits per heavy atom. The largest absolute Gasteiger partial charge is 0.382 e. The van der Waals surface area contributed by atoms with Gasteiger partial charge in [0.2, 0.25) is 5.95 Å². The molecule has 3 N–H and O–H groups in total. The molecule has 168 valence electrons. The third kappa shape index (κ3) is 3.70. The number of pyridine rings is 1. The second-order valence-electron chi connectivity index (χ2n) is 9.03. The summed E-state index contributed by atoms with van der Waals surface area (Å²) in [6, 6.07) is 3.84. The number of hydrogen-bond acceptors (Lipinski definition) is 7. The highest BCUT2D eigenvalue weighted by Gasteiger charge is 2.41. The van der Waals surface area contributed by atoms with Crippen molar-refractivity contribution in [1.82, 2.24) is 19.6 Å². The molecule has 4 heterocycles. The number of nitrogens with zero attached hydrogens (tertiary/aromatic N) is 5. The number of ether oxygens (including phenoxy) is 1. The molecule has 1 aliphatic heterocycles. The molecule has 1 aliphatic carbocycles. The van der Waals surface area contributed by atoms with Gasteiger partial charge in [0.1, 0.15) is 5.52 Å². The number of nitrogens with two attached hydrogens (primary N) is 1. The Morgan fingerprint density at radius 3 is 2.62 bits per heavy atom. The molecule has 2 aliphatic rings. The van der Waals surface area contributed by atoms with Crippen LogP contribution in [0.15, 0.2) is 23.3 Å². The number of nitrogens with one attached hydrogen (secondary N) is 1. The quantitative estimate of drug-likeness (QED) is 0.585. The maximum absolute atomic E-state index is 15.0. The molecule has 1 saturated carbocycles. The van der Waals surface area contributed by atoms with E-state index in [0.29, 0.717) is 28.4 Å². The normalized spacial score (nSPS) is 22.7. The second kappa shape index (κ2) is 7.81. The molecule has 3 aromatic rings. The molecule has 9 heteroatoms. The molecule has 0 radical (unpaired) electrons. The lowest BCUT2D eigenvalue weighted by atomic mass is 9.77. The minimum atomic E-state index is -0.445. The summed E-state index contributed by atoms with van der Waals surface area (Å²) < 4.78 is 22.2. The summed E-state index contributed by atoms with van der Waals surface area (Å²) in [4.78, 5) is 13.5. The fraction of sp³-hybridized carbons (Fsp3) is 0.478. The summed E-state index contributed by atoms with van der Waals surface area (Å²) in [5.41, 5.74) is 9.95. The molecule has 2 fully saturated rings. The van der Waals surface area contributed by atoms with Crippen LogP contribution in [-0.2, 0) is 4.74 Å². The van der Waals surface area contributed by atoms with Crippen LogP contribution in [0.3, 0.4) is 0 Å². The summed E-state index contributed by atoms with van der Waals surface area (Å²) in [6.07, 6.45) is 6.52. The van der Waals surface area contributed by atoms with Gasteiger partial charge in [0.25, 0.3) is 0 Å². The topological polar surface area (TPSA) is 103 Å². The summed E-state index contributed by atoms with van der Waals surface area (Å²) >= 11 is 0. The Hall–Kier alpha value is -3.07. The first-order valence-corrected chi connectivity index (χ1v) is 11.1. The van der Waals surface area contributed by atoms with Gasteiger partial charge in [-0.05, 0) is 65.0 Å². The molecule has 32 heavy (non-hydrogen) atoms. The van der Waals surface area contributed by atoms with E-state index in [1.54, 1.807) is 6.07 Å². The van der Waals surface area contributed by atoms with Gasteiger partial charge in [-0.1, -0.05) is 0 Å². The van der Waals surface area contributed by atoms with E-state index in [1.807, 2.05) is 26.8 Å². The van der Waals surface area contributed by atoms with Gasteiger partial charge < -0.3 is 15.8 Å². The van der Waals surface area contributed by atoms with Crippen LogP contribution < -0.4 is 11.1 Å². The number of halogens is 1. The number of aryl methyl sites for hydroxylation is 1. The molecule has 8 nitrogen and oxygen atoms in total. The molecular weight excluding hydrogens is 409 g/mol. The highest BCUT2D eigenvalue weighted by molar-refractivity contribution is 5.87. The van der Waals surface area contributed by atoms with Gasteiger partial charge in [-0.3, -0.25) is 9.98 Å². The number of aliphatic imine (C=N–C) groups is 1. The van der Waals surface area contributed by atoms with Crippen LogP contribution in [-0.4, -0.2) is 43.5 Å². The number of rotatable bonds is 4. The number of nitrogen functional groups attached to an aromatic ring is 1. The van der Waals surface area contributed by atoms with Crippen molar-refractivity contribution in [1.29, 1.82) is 0 Å². The fourth-order valence-corrected chi connectivity index (χ4v) is 4.69. The van der Waals surface area contributed by atoms with Crippen molar-refractivity contribution in [2.24, 2.45) is 4.99 Å². The highest BCUT2D eigenvalue weighted by Crippen LogP contribution is 2.41. The van der Waals surface area contributed by atoms with Crippen LogP contribution in [0, 0.1) is 12.7 Å². The highest BCUT2D eigenvalue weighted by atomic mass is 19.1. The Labute approximate surface area is 186 Å². The molecule has 0 unspecified atom stereocenters. The third-order valence-corrected chi connectivity index (χ3v) is 6.47. The molecule has 1 saturated heterocycles. The molecule has 0 bridgehead atoms. The lowest BCUT2D eigenvalue weighted by Crippen LogP contribution is -2.48. The van der Waals surface area contributed by atoms with Crippen molar-refractivity contribution < 1.29 is 9.13 Å². The maximum atomic E-state index is 15.0. The van der Waals surface area contributed by atoms with E-state index < -0.39 is 5.82 Å².